The molecule has 0 bridgehead atoms. The van der Waals surface area contributed by atoms with Gasteiger partial charge in [0.05, 0.1) is 17.1 Å². The maximum atomic E-state index is 12.2. The van der Waals surface area contributed by atoms with Crippen molar-refractivity contribution >= 4 is 54.3 Å². The Balaban J connectivity index is 2.17. The van der Waals surface area contributed by atoms with Gasteiger partial charge in [-0.2, -0.15) is 0 Å². The van der Waals surface area contributed by atoms with Crippen molar-refractivity contribution in [2.75, 3.05) is 24.6 Å². The van der Waals surface area contributed by atoms with E-state index < -0.39 is 9.84 Å². The number of carbonyl (C=O) groups excluding carboxylic acids is 1. The number of benzene rings is 1. The molecule has 18 heavy (non-hydrogen) atoms. The maximum absolute atomic E-state index is 12.2. The number of rotatable bonds is 1. The van der Waals surface area contributed by atoms with Crippen LogP contribution in [0.25, 0.3) is 0 Å². The lowest BCUT2D eigenvalue weighted by atomic mass is 10.2. The molecular formula is C11H11BrINO3S. The van der Waals surface area contributed by atoms with Crippen molar-refractivity contribution in [3.8, 4) is 0 Å². The van der Waals surface area contributed by atoms with Gasteiger partial charge in [-0.25, -0.2) is 8.42 Å². The first-order valence-electron chi connectivity index (χ1n) is 5.34. The van der Waals surface area contributed by atoms with E-state index in [-0.39, 0.29) is 30.5 Å². The summed E-state index contributed by atoms with van der Waals surface area (Å²) in [6.45, 7) is 0.555. The van der Waals surface area contributed by atoms with Crippen molar-refractivity contribution in [3.63, 3.8) is 0 Å². The summed E-state index contributed by atoms with van der Waals surface area (Å²) in [5.74, 6) is -0.00488. The van der Waals surface area contributed by atoms with Crippen LogP contribution in [-0.2, 0) is 9.84 Å². The van der Waals surface area contributed by atoms with Crippen LogP contribution < -0.4 is 0 Å². The molecule has 1 aliphatic rings. The Bertz CT molecular complexity index is 574. The minimum atomic E-state index is -2.96. The molecule has 0 spiro atoms. The highest BCUT2D eigenvalue weighted by atomic mass is 127. The molecule has 2 rings (SSSR count). The summed E-state index contributed by atoms with van der Waals surface area (Å²) in [4.78, 5) is 13.8. The fourth-order valence-corrected chi connectivity index (χ4v) is 4.42. The second-order valence-corrected chi connectivity index (χ2v) is 8.47. The molecule has 0 N–H and O–H groups in total. The van der Waals surface area contributed by atoms with Crippen molar-refractivity contribution in [1.29, 1.82) is 0 Å². The van der Waals surface area contributed by atoms with Crippen molar-refractivity contribution in [1.82, 2.24) is 4.90 Å². The molecule has 98 valence electrons. The normalized spacial score (nSPS) is 18.7. The Kier molecular flexibility index (Phi) is 4.32. The van der Waals surface area contributed by atoms with Gasteiger partial charge in [-0.3, -0.25) is 4.79 Å². The van der Waals surface area contributed by atoms with E-state index in [1.54, 1.807) is 11.0 Å². The van der Waals surface area contributed by atoms with E-state index in [9.17, 15) is 13.2 Å². The van der Waals surface area contributed by atoms with Crippen LogP contribution in [0, 0.1) is 3.57 Å². The van der Waals surface area contributed by atoms with Crippen LogP contribution in [0.4, 0.5) is 0 Å². The summed E-state index contributed by atoms with van der Waals surface area (Å²) >= 11 is 5.54. The molecule has 1 heterocycles. The van der Waals surface area contributed by atoms with E-state index in [1.807, 2.05) is 12.1 Å². The number of amides is 1. The number of sulfone groups is 1. The van der Waals surface area contributed by atoms with Gasteiger partial charge < -0.3 is 4.90 Å². The highest BCUT2D eigenvalue weighted by Gasteiger charge is 2.26. The number of halogens is 2. The largest absolute Gasteiger partial charge is 0.337 e. The number of hydrogen-bond donors (Lipinski definition) is 0. The molecule has 1 saturated heterocycles. The van der Waals surface area contributed by atoms with Gasteiger partial charge >= 0.3 is 0 Å². The highest BCUT2D eigenvalue weighted by Crippen LogP contribution is 2.22. The summed E-state index contributed by atoms with van der Waals surface area (Å²) in [6.07, 6.45) is 0. The number of nitrogens with zero attached hydrogens (tertiary/aromatic N) is 1. The first-order chi connectivity index (χ1) is 8.39. The number of hydrogen-bond acceptors (Lipinski definition) is 3. The Morgan fingerprint density at radius 2 is 1.89 bits per heavy atom. The fraction of sp³-hybridized carbons (Fsp3) is 0.364. The summed E-state index contributed by atoms with van der Waals surface area (Å²) in [5, 5.41) is 0. The fourth-order valence-electron chi connectivity index (χ4n) is 1.75. The third kappa shape index (κ3) is 3.24. The van der Waals surface area contributed by atoms with Gasteiger partial charge in [-0.15, -0.1) is 0 Å². The smallest absolute Gasteiger partial charge is 0.255 e. The van der Waals surface area contributed by atoms with E-state index in [2.05, 4.69) is 38.5 Å². The SMILES string of the molecule is O=C(c1ccc(I)cc1Br)N1CCS(=O)(=O)CC1. The van der Waals surface area contributed by atoms with Crippen LogP contribution in [0.2, 0.25) is 0 Å². The molecule has 1 aromatic rings. The summed E-state index contributed by atoms with van der Waals surface area (Å²) < 4.78 is 24.4. The second kappa shape index (κ2) is 5.46. The molecule has 1 aliphatic heterocycles. The van der Waals surface area contributed by atoms with Crippen LogP contribution in [0.3, 0.4) is 0 Å². The van der Waals surface area contributed by atoms with Crippen molar-refractivity contribution in [2.45, 2.75) is 0 Å². The van der Waals surface area contributed by atoms with Crippen molar-refractivity contribution in [2.24, 2.45) is 0 Å². The summed E-state index contributed by atoms with van der Waals surface area (Å²) in [7, 11) is -2.96. The van der Waals surface area contributed by atoms with E-state index in [0.29, 0.717) is 5.56 Å². The predicted octanol–water partition coefficient (Wildman–Crippen LogP) is 1.92. The topological polar surface area (TPSA) is 54.5 Å². The van der Waals surface area contributed by atoms with Crippen molar-refractivity contribution < 1.29 is 13.2 Å². The molecule has 0 radical (unpaired) electrons. The zero-order chi connectivity index (χ0) is 13.3. The lowest BCUT2D eigenvalue weighted by Crippen LogP contribution is -2.43. The van der Waals surface area contributed by atoms with Gasteiger partial charge in [0, 0.05) is 21.1 Å². The average molecular weight is 444 g/mol. The van der Waals surface area contributed by atoms with Crippen LogP contribution in [-0.4, -0.2) is 43.8 Å². The van der Waals surface area contributed by atoms with Crippen LogP contribution in [0.15, 0.2) is 22.7 Å². The molecule has 0 aromatic heterocycles. The molecular weight excluding hydrogens is 433 g/mol. The quantitative estimate of drug-likeness (QED) is 0.623. The average Bonchev–Trinajstić information content (AvgIpc) is 2.28. The van der Waals surface area contributed by atoms with Crippen LogP contribution in [0.5, 0.6) is 0 Å². The molecule has 0 unspecified atom stereocenters. The Hall–Kier alpha value is -0.150. The minimum absolute atomic E-state index is 0.0563. The standard InChI is InChI=1S/C11H11BrINO3S/c12-10-7-8(13)1-2-9(10)11(15)14-3-5-18(16,17)6-4-14/h1-2,7H,3-6H2. The number of carbonyl (C=O) groups is 1. The molecule has 1 aromatic carbocycles. The summed E-state index contributed by atoms with van der Waals surface area (Å²) in [5.41, 5.74) is 0.578. The van der Waals surface area contributed by atoms with Gasteiger partial charge in [0.15, 0.2) is 9.84 Å². The van der Waals surface area contributed by atoms with E-state index in [1.165, 1.54) is 0 Å². The third-order valence-electron chi connectivity index (χ3n) is 2.79. The van der Waals surface area contributed by atoms with Crippen LogP contribution in [0.1, 0.15) is 10.4 Å². The molecule has 0 atom stereocenters. The van der Waals surface area contributed by atoms with E-state index in [0.717, 1.165) is 8.04 Å². The van der Waals surface area contributed by atoms with Gasteiger partial charge in [0.1, 0.15) is 0 Å². The highest BCUT2D eigenvalue weighted by molar-refractivity contribution is 14.1. The van der Waals surface area contributed by atoms with Gasteiger partial charge in [0.2, 0.25) is 0 Å². The molecule has 1 amide bonds. The maximum Gasteiger partial charge on any atom is 0.255 e. The molecule has 0 aliphatic carbocycles. The monoisotopic (exact) mass is 443 g/mol. The van der Waals surface area contributed by atoms with E-state index >= 15 is 0 Å². The van der Waals surface area contributed by atoms with Gasteiger partial charge in [-0.05, 0) is 56.7 Å². The van der Waals surface area contributed by atoms with E-state index in [4.69, 9.17) is 0 Å². The predicted molar refractivity (Wildman–Crippen MR) is 81.4 cm³/mol. The first-order valence-corrected chi connectivity index (χ1v) is 9.03. The van der Waals surface area contributed by atoms with Gasteiger partial charge in [0.25, 0.3) is 5.91 Å². The molecule has 0 saturated carbocycles. The van der Waals surface area contributed by atoms with Gasteiger partial charge in [-0.1, -0.05) is 0 Å². The van der Waals surface area contributed by atoms with Crippen molar-refractivity contribution in [3.05, 3.63) is 31.8 Å². The minimum Gasteiger partial charge on any atom is -0.337 e. The Labute approximate surface area is 128 Å². The lowest BCUT2D eigenvalue weighted by Gasteiger charge is -2.27. The second-order valence-electron chi connectivity index (χ2n) is 4.07. The summed E-state index contributed by atoms with van der Waals surface area (Å²) in [6, 6.07) is 5.49. The first kappa shape index (κ1) is 14.3. The molecule has 4 nitrogen and oxygen atoms in total. The zero-order valence-corrected chi connectivity index (χ0v) is 14.0. The Morgan fingerprint density at radius 1 is 1.28 bits per heavy atom. The molecule has 1 fully saturated rings. The Morgan fingerprint density at radius 3 is 2.44 bits per heavy atom. The molecule has 7 heteroatoms. The van der Waals surface area contributed by atoms with Crippen LogP contribution >= 0.6 is 38.5 Å². The third-order valence-corrected chi connectivity index (χ3v) is 5.73. The lowest BCUT2D eigenvalue weighted by molar-refractivity contribution is 0.0769. The zero-order valence-electron chi connectivity index (χ0n) is 9.40.